The Kier molecular flexibility index (Phi) is 5.66. The summed E-state index contributed by atoms with van der Waals surface area (Å²) in [6.07, 6.45) is 6.92. The Labute approximate surface area is 189 Å². The Hall–Kier alpha value is -3.92. The van der Waals surface area contributed by atoms with Crippen LogP contribution in [0.15, 0.2) is 55.1 Å². The highest BCUT2D eigenvalue weighted by atomic mass is 19.1. The van der Waals surface area contributed by atoms with Gasteiger partial charge in [0.2, 0.25) is 0 Å². The molecule has 3 aromatic heterocycles. The van der Waals surface area contributed by atoms with Crippen molar-refractivity contribution in [3.05, 3.63) is 66.5 Å². The van der Waals surface area contributed by atoms with Crippen LogP contribution in [-0.2, 0) is 6.54 Å². The van der Waals surface area contributed by atoms with Crippen LogP contribution in [0, 0.1) is 5.82 Å². The van der Waals surface area contributed by atoms with E-state index < -0.39 is 11.9 Å². The van der Waals surface area contributed by atoms with Crippen LogP contribution >= 0.6 is 0 Å². The molecule has 1 saturated heterocycles. The molecule has 170 valence electrons. The van der Waals surface area contributed by atoms with Crippen LogP contribution in [0.3, 0.4) is 0 Å². The predicted molar refractivity (Wildman–Crippen MR) is 123 cm³/mol. The number of halogens is 1. The van der Waals surface area contributed by atoms with Crippen LogP contribution in [0.4, 0.5) is 20.6 Å². The molecule has 0 aliphatic carbocycles. The second kappa shape index (κ2) is 8.91. The standard InChI is InChI=1S/C23H24FN7O2/c24-18-10-26-22-20(21(18)30-8-4-7-16(25)13-30)19(11-27-22)29-23(32)33-17-9-28-31(14-17)12-15-5-2-1-3-6-15/h1-3,5-6,9-11,14,16H,4,7-8,12-13,25H2,(H,26,27)(H,29,32)/t16-/m1/s1. The number of carbonyl (C=O) groups excluding carboxylic acids is 1. The number of hydrogen-bond donors (Lipinski definition) is 3. The number of amides is 1. The molecule has 5 rings (SSSR count). The number of nitrogens with one attached hydrogen (secondary N) is 2. The first kappa shape index (κ1) is 21.0. The van der Waals surface area contributed by atoms with Crippen molar-refractivity contribution in [2.75, 3.05) is 23.3 Å². The van der Waals surface area contributed by atoms with E-state index in [2.05, 4.69) is 20.4 Å². The highest BCUT2D eigenvalue weighted by molar-refractivity contribution is 6.05. The third-order valence-corrected chi connectivity index (χ3v) is 5.65. The summed E-state index contributed by atoms with van der Waals surface area (Å²) in [6, 6.07) is 9.80. The number of H-pyrrole nitrogens is 1. The fourth-order valence-corrected chi connectivity index (χ4v) is 4.17. The third-order valence-electron chi connectivity index (χ3n) is 5.65. The molecule has 4 aromatic rings. The van der Waals surface area contributed by atoms with Gasteiger partial charge in [0.1, 0.15) is 5.65 Å². The zero-order chi connectivity index (χ0) is 22.8. The van der Waals surface area contributed by atoms with Crippen molar-refractivity contribution in [3.63, 3.8) is 0 Å². The summed E-state index contributed by atoms with van der Waals surface area (Å²) in [5, 5.41) is 7.42. The number of benzene rings is 1. The van der Waals surface area contributed by atoms with Gasteiger partial charge in [0.25, 0.3) is 0 Å². The number of rotatable bonds is 5. The van der Waals surface area contributed by atoms with E-state index in [1.807, 2.05) is 35.2 Å². The molecular weight excluding hydrogens is 425 g/mol. The van der Waals surface area contributed by atoms with Crippen LogP contribution in [0.2, 0.25) is 0 Å². The van der Waals surface area contributed by atoms with E-state index >= 15 is 0 Å². The molecular formula is C23H24FN7O2. The molecule has 4 N–H and O–H groups in total. The summed E-state index contributed by atoms with van der Waals surface area (Å²) < 4.78 is 21.9. The smallest absolute Gasteiger partial charge is 0.407 e. The van der Waals surface area contributed by atoms with Gasteiger partial charge < -0.3 is 20.4 Å². The van der Waals surface area contributed by atoms with Crippen molar-refractivity contribution in [2.24, 2.45) is 5.73 Å². The van der Waals surface area contributed by atoms with E-state index in [0.29, 0.717) is 47.8 Å². The number of nitrogens with two attached hydrogens (primary N) is 1. The van der Waals surface area contributed by atoms with Gasteiger partial charge in [-0.25, -0.2) is 14.2 Å². The van der Waals surface area contributed by atoms with Gasteiger partial charge >= 0.3 is 6.09 Å². The number of pyridine rings is 1. The Balaban J connectivity index is 1.33. The number of nitrogens with zero attached hydrogens (tertiary/aromatic N) is 4. The molecule has 0 bridgehead atoms. The Bertz CT molecular complexity index is 1270. The van der Waals surface area contributed by atoms with E-state index in [0.717, 1.165) is 18.4 Å². The fourth-order valence-electron chi connectivity index (χ4n) is 4.17. The fraction of sp³-hybridized carbons (Fsp3) is 0.261. The molecule has 0 spiro atoms. The van der Waals surface area contributed by atoms with Crippen LogP contribution in [0.25, 0.3) is 11.0 Å². The van der Waals surface area contributed by atoms with Gasteiger partial charge in [-0.3, -0.25) is 10.00 Å². The molecule has 10 heteroatoms. The zero-order valence-corrected chi connectivity index (χ0v) is 17.9. The number of ether oxygens (including phenoxy) is 1. The molecule has 1 aliphatic rings. The minimum Gasteiger partial charge on any atom is -0.407 e. The Morgan fingerprint density at radius 3 is 2.97 bits per heavy atom. The summed E-state index contributed by atoms with van der Waals surface area (Å²) >= 11 is 0. The van der Waals surface area contributed by atoms with Gasteiger partial charge in [-0.1, -0.05) is 30.3 Å². The Morgan fingerprint density at radius 1 is 1.30 bits per heavy atom. The number of piperidine rings is 1. The number of aromatic amines is 1. The summed E-state index contributed by atoms with van der Waals surface area (Å²) in [4.78, 5) is 21.6. The largest absolute Gasteiger partial charge is 0.417 e. The lowest BCUT2D eigenvalue weighted by atomic mass is 10.1. The molecule has 9 nitrogen and oxygen atoms in total. The van der Waals surface area contributed by atoms with Gasteiger partial charge in [0, 0.05) is 25.3 Å². The molecule has 4 heterocycles. The zero-order valence-electron chi connectivity index (χ0n) is 17.9. The molecule has 0 saturated carbocycles. The van der Waals surface area contributed by atoms with Gasteiger partial charge in [-0.15, -0.1) is 0 Å². The monoisotopic (exact) mass is 449 g/mol. The van der Waals surface area contributed by atoms with Gasteiger partial charge in [0.15, 0.2) is 11.6 Å². The van der Waals surface area contributed by atoms with Gasteiger partial charge in [0.05, 0.1) is 41.9 Å². The average Bonchev–Trinajstić information content (AvgIpc) is 3.41. The molecule has 1 fully saturated rings. The molecule has 33 heavy (non-hydrogen) atoms. The van der Waals surface area contributed by atoms with Crippen molar-refractivity contribution in [3.8, 4) is 5.75 Å². The predicted octanol–water partition coefficient (Wildman–Crippen LogP) is 3.49. The minimum absolute atomic E-state index is 0.0332. The van der Waals surface area contributed by atoms with Crippen LogP contribution < -0.4 is 20.7 Å². The van der Waals surface area contributed by atoms with E-state index in [-0.39, 0.29) is 6.04 Å². The lowest BCUT2D eigenvalue weighted by Gasteiger charge is -2.33. The minimum atomic E-state index is -0.708. The SMILES string of the molecule is N[C@@H]1CCCN(c2c(F)cnc3[nH]cc(NC(=O)Oc4cnn(Cc5ccccc5)c4)c23)C1. The van der Waals surface area contributed by atoms with E-state index in [1.165, 1.54) is 12.4 Å². The summed E-state index contributed by atoms with van der Waals surface area (Å²) in [6.45, 7) is 1.77. The number of anilines is 2. The summed E-state index contributed by atoms with van der Waals surface area (Å²) in [5.41, 5.74) is 8.41. The second-order valence-corrected chi connectivity index (χ2v) is 8.10. The van der Waals surface area contributed by atoms with E-state index in [4.69, 9.17) is 10.5 Å². The quantitative estimate of drug-likeness (QED) is 0.430. The third kappa shape index (κ3) is 4.51. The highest BCUT2D eigenvalue weighted by Gasteiger charge is 2.25. The first-order valence-electron chi connectivity index (χ1n) is 10.8. The molecule has 1 aromatic carbocycles. The van der Waals surface area contributed by atoms with Crippen molar-refractivity contribution < 1.29 is 13.9 Å². The second-order valence-electron chi connectivity index (χ2n) is 8.10. The van der Waals surface area contributed by atoms with E-state index in [1.54, 1.807) is 17.1 Å². The highest BCUT2D eigenvalue weighted by Crippen LogP contribution is 2.35. The topological polar surface area (TPSA) is 114 Å². The number of hydrogen-bond acceptors (Lipinski definition) is 6. The number of carbonyl (C=O) groups is 1. The molecule has 0 unspecified atom stereocenters. The maximum absolute atomic E-state index is 14.8. The van der Waals surface area contributed by atoms with Crippen LogP contribution in [0.5, 0.6) is 5.75 Å². The van der Waals surface area contributed by atoms with Crippen molar-refractivity contribution in [1.82, 2.24) is 19.7 Å². The van der Waals surface area contributed by atoms with Crippen molar-refractivity contribution in [1.29, 1.82) is 0 Å². The van der Waals surface area contributed by atoms with E-state index in [9.17, 15) is 9.18 Å². The number of fused-ring (bicyclic) bond motifs is 1. The first-order chi connectivity index (χ1) is 16.1. The van der Waals surface area contributed by atoms with Crippen LogP contribution in [-0.4, -0.2) is 45.0 Å². The molecule has 0 radical (unpaired) electrons. The molecule has 1 atom stereocenters. The lowest BCUT2D eigenvalue weighted by Crippen LogP contribution is -2.43. The maximum atomic E-state index is 14.8. The molecule has 1 amide bonds. The normalized spacial score (nSPS) is 16.2. The van der Waals surface area contributed by atoms with Gasteiger partial charge in [-0.05, 0) is 18.4 Å². The number of aromatic nitrogens is 4. The first-order valence-corrected chi connectivity index (χ1v) is 10.8. The van der Waals surface area contributed by atoms with Crippen LogP contribution in [0.1, 0.15) is 18.4 Å². The summed E-state index contributed by atoms with van der Waals surface area (Å²) in [7, 11) is 0. The van der Waals surface area contributed by atoms with Crippen molar-refractivity contribution in [2.45, 2.75) is 25.4 Å². The van der Waals surface area contributed by atoms with Gasteiger partial charge in [-0.2, -0.15) is 5.10 Å². The lowest BCUT2D eigenvalue weighted by molar-refractivity contribution is 0.215. The van der Waals surface area contributed by atoms with Crippen molar-refractivity contribution >= 4 is 28.5 Å². The maximum Gasteiger partial charge on any atom is 0.417 e. The average molecular weight is 449 g/mol. The molecule has 1 aliphatic heterocycles. The summed E-state index contributed by atoms with van der Waals surface area (Å²) in [5.74, 6) is -0.162. The Morgan fingerprint density at radius 2 is 2.15 bits per heavy atom.